The van der Waals surface area contributed by atoms with E-state index in [0.717, 1.165) is 34.0 Å². The van der Waals surface area contributed by atoms with Gasteiger partial charge in [0.25, 0.3) is 0 Å². The summed E-state index contributed by atoms with van der Waals surface area (Å²) in [5, 5.41) is 20.4. The average Bonchev–Trinajstić information content (AvgIpc) is 3.23. The minimum absolute atomic E-state index is 0.778. The lowest BCUT2D eigenvalue weighted by Gasteiger charge is -2.00. The van der Waals surface area contributed by atoms with Crippen molar-refractivity contribution < 1.29 is 0 Å². The van der Waals surface area contributed by atoms with Gasteiger partial charge in [0.1, 0.15) is 11.4 Å². The van der Waals surface area contributed by atoms with Crippen LogP contribution in [0.15, 0.2) is 36.0 Å². The lowest BCUT2D eigenvalue weighted by Crippen LogP contribution is -1.86. The Morgan fingerprint density at radius 2 is 2.10 bits per heavy atom. The van der Waals surface area contributed by atoms with Crippen molar-refractivity contribution in [3.8, 4) is 34.0 Å². The van der Waals surface area contributed by atoms with Crippen molar-refractivity contribution in [3.05, 3.63) is 36.0 Å². The largest absolute Gasteiger partial charge is 0.360 e. The summed E-state index contributed by atoms with van der Waals surface area (Å²) in [4.78, 5) is 3.17. The van der Waals surface area contributed by atoms with Crippen LogP contribution in [0.25, 0.3) is 34.0 Å². The summed E-state index contributed by atoms with van der Waals surface area (Å²) in [6.07, 6.45) is 3.57. The van der Waals surface area contributed by atoms with Crippen LogP contribution in [0.2, 0.25) is 0 Å². The summed E-state index contributed by atoms with van der Waals surface area (Å²) < 4.78 is 3.94. The van der Waals surface area contributed by atoms with E-state index in [-0.39, 0.29) is 0 Å². The second kappa shape index (κ2) is 4.42. The average molecular weight is 283 g/mol. The molecule has 0 spiro atoms. The number of hydrogen-bond acceptors (Lipinski definition) is 5. The van der Waals surface area contributed by atoms with Crippen molar-refractivity contribution in [2.45, 2.75) is 0 Å². The first-order valence-electron chi connectivity index (χ1n) is 5.93. The van der Waals surface area contributed by atoms with Gasteiger partial charge in [-0.15, -0.1) is 5.10 Å². The molecule has 4 heterocycles. The van der Waals surface area contributed by atoms with Crippen LogP contribution in [0.5, 0.6) is 0 Å². The molecular weight excluding hydrogens is 274 g/mol. The lowest BCUT2D eigenvalue weighted by molar-refractivity contribution is 1.06. The second-order valence-corrected chi connectivity index (χ2v) is 4.78. The van der Waals surface area contributed by atoms with Gasteiger partial charge < -0.3 is 4.98 Å². The molecule has 7 nitrogen and oxygen atoms in total. The molecule has 0 amide bonds. The highest BCUT2D eigenvalue weighted by Crippen LogP contribution is 2.36. The maximum absolute atomic E-state index is 4.39. The molecule has 0 saturated heterocycles. The minimum Gasteiger partial charge on any atom is -0.360 e. The fourth-order valence-corrected chi connectivity index (χ4v) is 2.58. The molecule has 3 N–H and O–H groups in total. The van der Waals surface area contributed by atoms with Crippen LogP contribution in [-0.2, 0) is 0 Å². The van der Waals surface area contributed by atoms with Crippen molar-refractivity contribution in [1.82, 2.24) is 35.0 Å². The van der Waals surface area contributed by atoms with Gasteiger partial charge in [0.2, 0.25) is 0 Å². The van der Waals surface area contributed by atoms with E-state index < -0.39 is 0 Å². The van der Waals surface area contributed by atoms with E-state index in [2.05, 4.69) is 35.0 Å². The van der Waals surface area contributed by atoms with Crippen LogP contribution in [0, 0.1) is 0 Å². The van der Waals surface area contributed by atoms with Crippen molar-refractivity contribution in [2.75, 3.05) is 0 Å². The molecule has 0 saturated carbocycles. The number of aromatic nitrogens is 7. The fraction of sp³-hybridized carbons (Fsp3) is 0. The Labute approximate surface area is 117 Å². The van der Waals surface area contributed by atoms with E-state index in [4.69, 9.17) is 0 Å². The number of H-pyrrole nitrogens is 3. The van der Waals surface area contributed by atoms with Crippen molar-refractivity contribution in [3.63, 3.8) is 0 Å². The monoisotopic (exact) mass is 283 g/mol. The van der Waals surface area contributed by atoms with Gasteiger partial charge in [0, 0.05) is 17.8 Å². The molecule has 20 heavy (non-hydrogen) atoms. The predicted molar refractivity (Wildman–Crippen MR) is 74.9 cm³/mol. The highest BCUT2D eigenvalue weighted by Gasteiger charge is 2.21. The van der Waals surface area contributed by atoms with Gasteiger partial charge in [-0.3, -0.25) is 10.2 Å². The number of hydrogen-bond donors (Lipinski definition) is 3. The Balaban J connectivity index is 1.98. The van der Waals surface area contributed by atoms with Gasteiger partial charge in [0.05, 0.1) is 22.6 Å². The molecule has 0 aromatic carbocycles. The molecule has 0 aliphatic carbocycles. The summed E-state index contributed by atoms with van der Waals surface area (Å²) in [5.41, 5.74) is 5.14. The van der Waals surface area contributed by atoms with E-state index in [0.29, 0.717) is 0 Å². The number of aromatic amines is 3. The smallest absolute Gasteiger partial charge is 0.120 e. The molecule has 0 fully saturated rings. The topological polar surface area (TPSA) is 98.9 Å². The van der Waals surface area contributed by atoms with E-state index in [1.165, 1.54) is 11.5 Å². The van der Waals surface area contributed by atoms with Gasteiger partial charge in [-0.05, 0) is 29.7 Å². The Bertz CT molecular complexity index is 745. The SMILES string of the molecule is c1c[nH]c(-c2[nH]nc(-c3ccn[nH]3)c2-c2csnn2)c1. The lowest BCUT2D eigenvalue weighted by atomic mass is 10.1. The quantitative estimate of drug-likeness (QED) is 0.537. The van der Waals surface area contributed by atoms with Crippen LogP contribution in [0.1, 0.15) is 0 Å². The summed E-state index contributed by atoms with van der Waals surface area (Å²) in [7, 11) is 0. The first-order valence-corrected chi connectivity index (χ1v) is 6.76. The molecule has 4 aromatic heterocycles. The molecule has 0 aliphatic rings. The highest BCUT2D eigenvalue weighted by molar-refractivity contribution is 7.03. The molecule has 0 unspecified atom stereocenters. The van der Waals surface area contributed by atoms with Crippen molar-refractivity contribution in [2.24, 2.45) is 0 Å². The zero-order chi connectivity index (χ0) is 13.4. The molecule has 0 atom stereocenters. The van der Waals surface area contributed by atoms with Gasteiger partial charge in [-0.2, -0.15) is 10.2 Å². The van der Waals surface area contributed by atoms with E-state index >= 15 is 0 Å². The maximum atomic E-state index is 4.39. The first kappa shape index (κ1) is 11.1. The van der Waals surface area contributed by atoms with Crippen LogP contribution in [0.4, 0.5) is 0 Å². The third kappa shape index (κ3) is 1.66. The Morgan fingerprint density at radius 3 is 2.80 bits per heavy atom. The molecule has 0 radical (unpaired) electrons. The fourth-order valence-electron chi connectivity index (χ4n) is 2.13. The standard InChI is InChI=1S/C12H9N7S/c1-2-7(13-4-1)11-10(9-6-20-19-16-9)12(18-17-11)8-3-5-14-15-8/h1-6,13H,(H,14,15)(H,17,18). The van der Waals surface area contributed by atoms with Crippen molar-refractivity contribution in [1.29, 1.82) is 0 Å². The van der Waals surface area contributed by atoms with E-state index in [1.54, 1.807) is 6.20 Å². The maximum Gasteiger partial charge on any atom is 0.120 e. The minimum atomic E-state index is 0.778. The number of nitrogens with zero attached hydrogens (tertiary/aromatic N) is 4. The third-order valence-electron chi connectivity index (χ3n) is 3.01. The van der Waals surface area contributed by atoms with Gasteiger partial charge in [0.15, 0.2) is 0 Å². The van der Waals surface area contributed by atoms with Crippen LogP contribution in [-0.4, -0.2) is 35.0 Å². The number of nitrogens with one attached hydrogen (secondary N) is 3. The molecule has 4 rings (SSSR count). The molecule has 0 aliphatic heterocycles. The Kier molecular flexibility index (Phi) is 2.46. The molecule has 0 bridgehead atoms. The van der Waals surface area contributed by atoms with Crippen molar-refractivity contribution >= 4 is 11.5 Å². The van der Waals surface area contributed by atoms with E-state index in [1.807, 2.05) is 29.8 Å². The van der Waals surface area contributed by atoms with E-state index in [9.17, 15) is 0 Å². The van der Waals surface area contributed by atoms with Crippen LogP contribution >= 0.6 is 11.5 Å². The predicted octanol–water partition coefficient (Wildman–Crippen LogP) is 2.31. The molecule has 4 aromatic rings. The normalized spacial score (nSPS) is 11.0. The zero-order valence-corrected chi connectivity index (χ0v) is 11.0. The molecule has 8 heteroatoms. The Morgan fingerprint density at radius 1 is 1.10 bits per heavy atom. The van der Waals surface area contributed by atoms with Crippen LogP contribution in [0.3, 0.4) is 0 Å². The number of rotatable bonds is 3. The third-order valence-corrected chi connectivity index (χ3v) is 3.51. The van der Waals surface area contributed by atoms with Gasteiger partial charge >= 0.3 is 0 Å². The summed E-state index contributed by atoms with van der Waals surface area (Å²) in [6, 6.07) is 5.79. The highest BCUT2D eigenvalue weighted by atomic mass is 32.1. The summed E-state index contributed by atoms with van der Waals surface area (Å²) in [6.45, 7) is 0. The zero-order valence-electron chi connectivity index (χ0n) is 10.2. The molecular formula is C12H9N7S. The first-order chi connectivity index (χ1) is 9.93. The second-order valence-electron chi connectivity index (χ2n) is 4.17. The summed E-state index contributed by atoms with van der Waals surface area (Å²) >= 11 is 1.31. The molecule has 98 valence electrons. The van der Waals surface area contributed by atoms with Crippen LogP contribution < -0.4 is 0 Å². The summed E-state index contributed by atoms with van der Waals surface area (Å²) in [5.74, 6) is 0. The van der Waals surface area contributed by atoms with Gasteiger partial charge in [-0.25, -0.2) is 0 Å². The Hall–Kier alpha value is -2.74. The van der Waals surface area contributed by atoms with Gasteiger partial charge in [-0.1, -0.05) is 4.49 Å².